The van der Waals surface area contributed by atoms with E-state index in [0.717, 1.165) is 0 Å². The summed E-state index contributed by atoms with van der Waals surface area (Å²) in [5, 5.41) is 19.6. The number of aliphatic hydroxyl groups is 2. The molecule has 1 aromatic carbocycles. The van der Waals surface area contributed by atoms with Crippen molar-refractivity contribution < 1.29 is 14.9 Å². The first-order valence-corrected chi connectivity index (χ1v) is 5.63. The molecule has 5 heteroatoms. The lowest BCUT2D eigenvalue weighted by atomic mass is 10.0. The van der Waals surface area contributed by atoms with Crippen molar-refractivity contribution in [3.63, 3.8) is 0 Å². The van der Waals surface area contributed by atoms with Crippen molar-refractivity contribution in [2.75, 3.05) is 18.6 Å². The predicted octanol–water partition coefficient (Wildman–Crippen LogP) is 0.992. The highest BCUT2D eigenvalue weighted by Gasteiger charge is 2.20. The maximum atomic E-state index is 9.90. The number of nitrogens with two attached hydrogens (primary N) is 1. The molecule has 4 nitrogen and oxygen atoms in total. The van der Waals surface area contributed by atoms with Crippen molar-refractivity contribution in [3.8, 4) is 5.75 Å². The van der Waals surface area contributed by atoms with Crippen molar-refractivity contribution >= 4 is 18.3 Å². The molecule has 0 amide bonds. The standard InChI is InChI=1S/C11H17NO3S/c1-15-7-2-3-9(12)8(6-7)11(14)10(13)4-5-16/h2-3,6,10-11,13-14,16H,4-5,12H2,1H3. The first kappa shape index (κ1) is 13.2. The van der Waals surface area contributed by atoms with Gasteiger partial charge in [-0.15, -0.1) is 0 Å². The SMILES string of the molecule is COc1ccc(N)c(C(O)C(O)CCS)c1. The normalized spacial score (nSPS) is 14.5. The van der Waals surface area contributed by atoms with Gasteiger partial charge in [-0.1, -0.05) is 0 Å². The fourth-order valence-electron chi connectivity index (χ4n) is 1.43. The van der Waals surface area contributed by atoms with E-state index in [1.807, 2.05) is 0 Å². The molecule has 0 saturated carbocycles. The summed E-state index contributed by atoms with van der Waals surface area (Å²) in [5.41, 5.74) is 6.65. The van der Waals surface area contributed by atoms with Gasteiger partial charge in [-0.05, 0) is 30.4 Å². The van der Waals surface area contributed by atoms with Crippen molar-refractivity contribution in [3.05, 3.63) is 23.8 Å². The largest absolute Gasteiger partial charge is 0.497 e. The van der Waals surface area contributed by atoms with Gasteiger partial charge in [-0.2, -0.15) is 12.6 Å². The molecule has 0 spiro atoms. The van der Waals surface area contributed by atoms with E-state index in [0.29, 0.717) is 29.2 Å². The molecular formula is C11H17NO3S. The van der Waals surface area contributed by atoms with Crippen LogP contribution in [0.5, 0.6) is 5.75 Å². The van der Waals surface area contributed by atoms with Crippen molar-refractivity contribution in [2.24, 2.45) is 0 Å². The van der Waals surface area contributed by atoms with Crippen molar-refractivity contribution in [1.82, 2.24) is 0 Å². The van der Waals surface area contributed by atoms with E-state index in [2.05, 4.69) is 12.6 Å². The highest BCUT2D eigenvalue weighted by molar-refractivity contribution is 7.80. The van der Waals surface area contributed by atoms with Crippen LogP contribution in [0.25, 0.3) is 0 Å². The Hall–Kier alpha value is -0.910. The summed E-state index contributed by atoms with van der Waals surface area (Å²) >= 11 is 4.00. The summed E-state index contributed by atoms with van der Waals surface area (Å²) in [5.74, 6) is 1.10. The van der Waals surface area contributed by atoms with E-state index >= 15 is 0 Å². The highest BCUT2D eigenvalue weighted by Crippen LogP contribution is 2.28. The summed E-state index contributed by atoms with van der Waals surface area (Å²) in [7, 11) is 1.53. The number of aliphatic hydroxyl groups excluding tert-OH is 2. The average Bonchev–Trinajstić information content (AvgIpc) is 2.29. The maximum Gasteiger partial charge on any atom is 0.119 e. The number of ether oxygens (including phenoxy) is 1. The van der Waals surface area contributed by atoms with Crippen LogP contribution in [0, 0.1) is 0 Å². The van der Waals surface area contributed by atoms with E-state index in [1.165, 1.54) is 7.11 Å². The molecule has 1 aromatic rings. The van der Waals surface area contributed by atoms with E-state index in [9.17, 15) is 10.2 Å². The van der Waals surface area contributed by atoms with Crippen molar-refractivity contribution in [2.45, 2.75) is 18.6 Å². The Morgan fingerprint density at radius 1 is 1.44 bits per heavy atom. The van der Waals surface area contributed by atoms with Crippen LogP contribution in [0.2, 0.25) is 0 Å². The van der Waals surface area contributed by atoms with Gasteiger partial charge in [0.1, 0.15) is 11.9 Å². The smallest absolute Gasteiger partial charge is 0.119 e. The van der Waals surface area contributed by atoms with Gasteiger partial charge in [-0.25, -0.2) is 0 Å². The molecule has 90 valence electrons. The number of hydrogen-bond donors (Lipinski definition) is 4. The van der Waals surface area contributed by atoms with Crippen LogP contribution in [0.1, 0.15) is 18.1 Å². The summed E-state index contributed by atoms with van der Waals surface area (Å²) in [4.78, 5) is 0. The van der Waals surface area contributed by atoms with E-state index in [1.54, 1.807) is 18.2 Å². The molecule has 0 aliphatic carbocycles. The number of benzene rings is 1. The molecule has 2 atom stereocenters. The molecule has 4 N–H and O–H groups in total. The summed E-state index contributed by atoms with van der Waals surface area (Å²) < 4.78 is 5.04. The topological polar surface area (TPSA) is 75.7 Å². The monoisotopic (exact) mass is 243 g/mol. The maximum absolute atomic E-state index is 9.90. The minimum Gasteiger partial charge on any atom is -0.497 e. The lowest BCUT2D eigenvalue weighted by Gasteiger charge is -2.19. The number of methoxy groups -OCH3 is 1. The van der Waals surface area contributed by atoms with Crippen LogP contribution in [0.15, 0.2) is 18.2 Å². The minimum absolute atomic E-state index is 0.404. The van der Waals surface area contributed by atoms with Crippen LogP contribution < -0.4 is 10.5 Å². The molecule has 0 aliphatic rings. The first-order chi connectivity index (χ1) is 7.60. The molecule has 2 unspecified atom stereocenters. The van der Waals surface area contributed by atoms with Gasteiger partial charge in [0.15, 0.2) is 0 Å². The average molecular weight is 243 g/mol. The van der Waals surface area contributed by atoms with Gasteiger partial charge in [0.2, 0.25) is 0 Å². The number of nitrogen functional groups attached to an aromatic ring is 1. The molecule has 0 aromatic heterocycles. The molecule has 0 fully saturated rings. The van der Waals surface area contributed by atoms with Gasteiger partial charge in [0.25, 0.3) is 0 Å². The Labute approximate surface area is 100 Å². The van der Waals surface area contributed by atoms with Gasteiger partial charge < -0.3 is 20.7 Å². The van der Waals surface area contributed by atoms with E-state index in [4.69, 9.17) is 10.5 Å². The Morgan fingerprint density at radius 2 is 2.12 bits per heavy atom. The molecule has 1 rings (SSSR count). The Morgan fingerprint density at radius 3 is 2.69 bits per heavy atom. The Balaban J connectivity index is 2.92. The number of anilines is 1. The molecule has 0 bridgehead atoms. The summed E-state index contributed by atoms with van der Waals surface area (Å²) in [6.07, 6.45) is -1.48. The zero-order valence-corrected chi connectivity index (χ0v) is 10.0. The van der Waals surface area contributed by atoms with Crippen LogP contribution >= 0.6 is 12.6 Å². The number of rotatable bonds is 5. The van der Waals surface area contributed by atoms with Gasteiger partial charge in [-0.3, -0.25) is 0 Å². The molecule has 0 radical (unpaired) electrons. The van der Waals surface area contributed by atoms with Gasteiger partial charge in [0, 0.05) is 11.3 Å². The van der Waals surface area contributed by atoms with Crippen LogP contribution in [0.4, 0.5) is 5.69 Å². The van der Waals surface area contributed by atoms with E-state index < -0.39 is 12.2 Å². The lowest BCUT2D eigenvalue weighted by molar-refractivity contribution is 0.0176. The zero-order chi connectivity index (χ0) is 12.1. The third kappa shape index (κ3) is 3.04. The van der Waals surface area contributed by atoms with Gasteiger partial charge in [0.05, 0.1) is 13.2 Å². The van der Waals surface area contributed by atoms with Crippen LogP contribution in [-0.2, 0) is 0 Å². The highest BCUT2D eigenvalue weighted by atomic mass is 32.1. The van der Waals surface area contributed by atoms with Crippen LogP contribution in [-0.4, -0.2) is 29.2 Å². The second kappa shape index (κ2) is 5.98. The number of hydrogen-bond acceptors (Lipinski definition) is 5. The second-order valence-corrected chi connectivity index (χ2v) is 3.97. The quantitative estimate of drug-likeness (QED) is 0.459. The summed E-state index contributed by atoms with van der Waals surface area (Å²) in [6.45, 7) is 0. The molecule has 16 heavy (non-hydrogen) atoms. The number of thiol groups is 1. The van der Waals surface area contributed by atoms with E-state index in [-0.39, 0.29) is 0 Å². The summed E-state index contributed by atoms with van der Waals surface area (Å²) in [6, 6.07) is 4.98. The Kier molecular flexibility index (Phi) is 4.92. The fourth-order valence-corrected chi connectivity index (χ4v) is 1.70. The zero-order valence-electron chi connectivity index (χ0n) is 9.13. The third-order valence-corrected chi connectivity index (χ3v) is 2.66. The third-order valence-electron chi connectivity index (χ3n) is 2.40. The predicted molar refractivity (Wildman–Crippen MR) is 66.8 cm³/mol. The Bertz CT molecular complexity index is 346. The minimum atomic E-state index is -1.01. The lowest BCUT2D eigenvalue weighted by Crippen LogP contribution is -2.19. The van der Waals surface area contributed by atoms with Crippen LogP contribution in [0.3, 0.4) is 0 Å². The van der Waals surface area contributed by atoms with Gasteiger partial charge >= 0.3 is 0 Å². The second-order valence-electron chi connectivity index (χ2n) is 3.52. The molecule has 0 saturated heterocycles. The fraction of sp³-hybridized carbons (Fsp3) is 0.455. The molecular weight excluding hydrogens is 226 g/mol. The van der Waals surface area contributed by atoms with Crippen molar-refractivity contribution in [1.29, 1.82) is 0 Å². The first-order valence-electron chi connectivity index (χ1n) is 5.00. The molecule has 0 heterocycles. The molecule has 0 aliphatic heterocycles.